The highest BCUT2D eigenvalue weighted by molar-refractivity contribution is 6.11. The molecule has 1 aliphatic heterocycles. The van der Waals surface area contributed by atoms with Gasteiger partial charge in [0.15, 0.2) is 11.4 Å². The summed E-state index contributed by atoms with van der Waals surface area (Å²) < 4.78 is 5.21. The van der Waals surface area contributed by atoms with Crippen molar-refractivity contribution in [2.75, 3.05) is 12.0 Å². The van der Waals surface area contributed by atoms with Crippen molar-refractivity contribution >= 4 is 28.2 Å². The van der Waals surface area contributed by atoms with Crippen LogP contribution in [0.25, 0.3) is 10.8 Å². The number of rotatable bonds is 6. The van der Waals surface area contributed by atoms with Crippen LogP contribution in [-0.2, 0) is 16.9 Å². The molecule has 0 spiro atoms. The van der Waals surface area contributed by atoms with Crippen LogP contribution in [0.4, 0.5) is 5.69 Å². The standard InChI is InChI=1S/C28H23NO4/c1-33-22-12-7-10-20(16-22)26(30)17-28(32)24-14-4-5-15-25(24)29(27(28)31)18-21-11-6-9-19-8-2-3-13-23(19)21/h2-16,32H,17-18H2,1H3. The number of ketones is 1. The van der Waals surface area contributed by atoms with Crippen LogP contribution < -0.4 is 9.64 Å². The number of fused-ring (bicyclic) bond motifs is 2. The highest BCUT2D eigenvalue weighted by atomic mass is 16.5. The number of nitrogens with zero attached hydrogens (tertiary/aromatic N) is 1. The number of methoxy groups -OCH3 is 1. The van der Waals surface area contributed by atoms with E-state index in [0.717, 1.165) is 16.3 Å². The fourth-order valence-corrected chi connectivity index (χ4v) is 4.57. The number of aliphatic hydroxyl groups is 1. The largest absolute Gasteiger partial charge is 0.497 e. The average Bonchev–Trinajstić information content (AvgIpc) is 3.06. The molecule has 5 heteroatoms. The third-order valence-electron chi connectivity index (χ3n) is 6.26. The van der Waals surface area contributed by atoms with Gasteiger partial charge in [-0.05, 0) is 34.5 Å². The Bertz CT molecular complexity index is 1370. The zero-order chi connectivity index (χ0) is 23.0. The minimum Gasteiger partial charge on any atom is -0.497 e. The average molecular weight is 437 g/mol. The number of anilines is 1. The van der Waals surface area contributed by atoms with Crippen LogP contribution >= 0.6 is 0 Å². The van der Waals surface area contributed by atoms with Gasteiger partial charge in [0.05, 0.1) is 25.8 Å². The molecule has 1 N–H and O–H groups in total. The minimum absolute atomic E-state index is 0.298. The fraction of sp³-hybridized carbons (Fsp3) is 0.143. The highest BCUT2D eigenvalue weighted by Gasteiger charge is 2.50. The number of amides is 1. The number of Topliss-reactive ketones (excluding diaryl/α,β-unsaturated/α-hetero) is 1. The van der Waals surface area contributed by atoms with Crippen LogP contribution in [0, 0.1) is 0 Å². The van der Waals surface area contributed by atoms with Gasteiger partial charge in [-0.25, -0.2) is 0 Å². The topological polar surface area (TPSA) is 66.8 Å². The van der Waals surface area contributed by atoms with E-state index in [9.17, 15) is 14.7 Å². The molecule has 0 aromatic heterocycles. The van der Waals surface area contributed by atoms with E-state index in [1.54, 1.807) is 41.3 Å². The SMILES string of the molecule is COc1cccc(C(=O)CC2(O)C(=O)N(Cc3cccc4ccccc34)c3ccccc32)c1. The monoisotopic (exact) mass is 437 g/mol. The molecule has 1 atom stereocenters. The van der Waals surface area contributed by atoms with Crippen LogP contribution in [0.1, 0.15) is 27.9 Å². The molecule has 1 unspecified atom stereocenters. The van der Waals surface area contributed by atoms with Gasteiger partial charge in [-0.2, -0.15) is 0 Å². The lowest BCUT2D eigenvalue weighted by atomic mass is 9.88. The van der Waals surface area contributed by atoms with Crippen LogP contribution in [0.2, 0.25) is 0 Å². The smallest absolute Gasteiger partial charge is 0.264 e. The van der Waals surface area contributed by atoms with Gasteiger partial charge in [0.25, 0.3) is 5.91 Å². The molecule has 4 aromatic carbocycles. The first kappa shape index (κ1) is 20.9. The summed E-state index contributed by atoms with van der Waals surface area (Å²) in [7, 11) is 1.53. The van der Waals surface area contributed by atoms with Gasteiger partial charge in [0, 0.05) is 11.1 Å². The normalized spacial score (nSPS) is 17.3. The lowest BCUT2D eigenvalue weighted by molar-refractivity contribution is -0.136. The Morgan fingerprint density at radius 3 is 2.52 bits per heavy atom. The number of ether oxygens (including phenoxy) is 1. The molecule has 1 amide bonds. The quantitative estimate of drug-likeness (QED) is 0.438. The first-order chi connectivity index (χ1) is 16.0. The van der Waals surface area contributed by atoms with Crippen LogP contribution in [0.5, 0.6) is 5.75 Å². The lowest BCUT2D eigenvalue weighted by Crippen LogP contribution is -2.41. The van der Waals surface area contributed by atoms with Gasteiger partial charge in [-0.1, -0.05) is 72.8 Å². The molecule has 1 heterocycles. The van der Waals surface area contributed by atoms with E-state index in [4.69, 9.17) is 4.74 Å². The molecule has 0 saturated carbocycles. The third-order valence-corrected chi connectivity index (χ3v) is 6.26. The Hall–Kier alpha value is -3.96. The molecule has 0 bridgehead atoms. The molecule has 1 aliphatic rings. The van der Waals surface area contributed by atoms with E-state index < -0.39 is 11.5 Å². The number of para-hydroxylation sites is 1. The van der Waals surface area contributed by atoms with Gasteiger partial charge in [-0.3, -0.25) is 9.59 Å². The molecular formula is C28H23NO4. The molecule has 0 radical (unpaired) electrons. The van der Waals surface area contributed by atoms with Gasteiger partial charge in [0.1, 0.15) is 5.75 Å². The molecule has 4 aromatic rings. The van der Waals surface area contributed by atoms with E-state index >= 15 is 0 Å². The summed E-state index contributed by atoms with van der Waals surface area (Å²) in [5.41, 5.74) is 0.504. The van der Waals surface area contributed by atoms with Gasteiger partial charge < -0.3 is 14.7 Å². The first-order valence-electron chi connectivity index (χ1n) is 10.8. The van der Waals surface area contributed by atoms with E-state index in [-0.39, 0.29) is 12.2 Å². The predicted molar refractivity (Wildman–Crippen MR) is 127 cm³/mol. The molecule has 5 rings (SSSR count). The first-order valence-corrected chi connectivity index (χ1v) is 10.8. The maximum Gasteiger partial charge on any atom is 0.264 e. The summed E-state index contributed by atoms with van der Waals surface area (Å²) in [5, 5.41) is 13.7. The van der Waals surface area contributed by atoms with E-state index in [1.807, 2.05) is 54.6 Å². The second kappa shape index (κ2) is 8.19. The number of benzene rings is 4. The van der Waals surface area contributed by atoms with Crippen molar-refractivity contribution in [3.05, 3.63) is 108 Å². The van der Waals surface area contributed by atoms with Crippen molar-refractivity contribution in [3.8, 4) is 5.75 Å². The zero-order valence-corrected chi connectivity index (χ0v) is 18.2. The van der Waals surface area contributed by atoms with Crippen LogP contribution in [0.15, 0.2) is 91.0 Å². The summed E-state index contributed by atoms with van der Waals surface area (Å²) in [6.07, 6.45) is -0.345. The minimum atomic E-state index is -1.93. The maximum atomic E-state index is 13.6. The maximum absolute atomic E-state index is 13.6. The summed E-state index contributed by atoms with van der Waals surface area (Å²) >= 11 is 0. The van der Waals surface area contributed by atoms with Crippen molar-refractivity contribution < 1.29 is 19.4 Å². The second-order valence-corrected chi connectivity index (χ2v) is 8.24. The van der Waals surface area contributed by atoms with Crippen molar-refractivity contribution in [1.82, 2.24) is 0 Å². The lowest BCUT2D eigenvalue weighted by Gasteiger charge is -2.23. The molecule has 33 heavy (non-hydrogen) atoms. The summed E-state index contributed by atoms with van der Waals surface area (Å²) in [6.45, 7) is 0.298. The predicted octanol–water partition coefficient (Wildman–Crippen LogP) is 4.86. The van der Waals surface area contributed by atoms with Crippen LogP contribution in [0.3, 0.4) is 0 Å². The number of hydrogen-bond donors (Lipinski definition) is 1. The summed E-state index contributed by atoms with van der Waals surface area (Å²) in [5.74, 6) is -0.275. The van der Waals surface area contributed by atoms with E-state index in [0.29, 0.717) is 29.1 Å². The zero-order valence-electron chi connectivity index (χ0n) is 18.2. The fourth-order valence-electron chi connectivity index (χ4n) is 4.57. The van der Waals surface area contributed by atoms with Gasteiger partial charge in [-0.15, -0.1) is 0 Å². The number of carbonyl (C=O) groups excluding carboxylic acids is 2. The van der Waals surface area contributed by atoms with Crippen molar-refractivity contribution in [1.29, 1.82) is 0 Å². The second-order valence-electron chi connectivity index (χ2n) is 8.24. The van der Waals surface area contributed by atoms with E-state index in [1.165, 1.54) is 7.11 Å². The number of carbonyl (C=O) groups is 2. The Morgan fingerprint density at radius 1 is 0.939 bits per heavy atom. The van der Waals surface area contributed by atoms with Gasteiger partial charge >= 0.3 is 0 Å². The molecule has 5 nitrogen and oxygen atoms in total. The molecular weight excluding hydrogens is 414 g/mol. The third kappa shape index (κ3) is 3.56. The molecule has 0 fully saturated rings. The van der Waals surface area contributed by atoms with Crippen molar-refractivity contribution in [3.63, 3.8) is 0 Å². The Kier molecular flexibility index (Phi) is 5.19. The number of hydrogen-bond acceptors (Lipinski definition) is 4. The van der Waals surface area contributed by atoms with Crippen molar-refractivity contribution in [2.24, 2.45) is 0 Å². The Balaban J connectivity index is 1.51. The molecule has 164 valence electrons. The van der Waals surface area contributed by atoms with Gasteiger partial charge in [0.2, 0.25) is 0 Å². The van der Waals surface area contributed by atoms with E-state index in [2.05, 4.69) is 0 Å². The highest BCUT2D eigenvalue weighted by Crippen LogP contribution is 2.44. The van der Waals surface area contributed by atoms with Crippen LogP contribution in [-0.4, -0.2) is 23.9 Å². The summed E-state index contributed by atoms with van der Waals surface area (Å²) in [6, 6.07) is 27.8. The Morgan fingerprint density at radius 2 is 1.67 bits per heavy atom. The Labute approximate surface area is 191 Å². The molecule has 0 aliphatic carbocycles. The summed E-state index contributed by atoms with van der Waals surface area (Å²) in [4.78, 5) is 28.3. The molecule has 0 saturated heterocycles. The van der Waals surface area contributed by atoms with Crippen molar-refractivity contribution in [2.45, 2.75) is 18.6 Å².